The molecule has 0 bridgehead atoms. The Balaban J connectivity index is 1.92. The molecule has 0 aliphatic rings. The second kappa shape index (κ2) is 8.45. The SMILES string of the molecule is CCCc1cc(OC(C)C)cnc1Cc1ccnn1-c1ncccc1Br. The molecule has 0 aliphatic carbocycles. The maximum Gasteiger partial charge on any atom is 0.167 e. The Morgan fingerprint density at radius 3 is 2.77 bits per heavy atom. The van der Waals surface area contributed by atoms with E-state index in [-0.39, 0.29) is 6.10 Å². The lowest BCUT2D eigenvalue weighted by Gasteiger charge is -2.14. The Morgan fingerprint density at radius 2 is 2.04 bits per heavy atom. The molecule has 0 radical (unpaired) electrons. The average molecular weight is 415 g/mol. The third-order valence-electron chi connectivity index (χ3n) is 3.94. The number of nitrogens with zero attached hydrogens (tertiary/aromatic N) is 4. The summed E-state index contributed by atoms with van der Waals surface area (Å²) in [6, 6.07) is 7.98. The summed E-state index contributed by atoms with van der Waals surface area (Å²) in [5, 5.41) is 4.45. The van der Waals surface area contributed by atoms with Crippen molar-refractivity contribution in [1.29, 1.82) is 0 Å². The highest BCUT2D eigenvalue weighted by Gasteiger charge is 2.14. The molecule has 0 N–H and O–H groups in total. The smallest absolute Gasteiger partial charge is 0.167 e. The lowest BCUT2D eigenvalue weighted by atomic mass is 10.0. The molecule has 0 fully saturated rings. The number of rotatable bonds is 7. The second-order valence-electron chi connectivity index (χ2n) is 6.41. The summed E-state index contributed by atoms with van der Waals surface area (Å²) in [6.45, 7) is 6.22. The van der Waals surface area contributed by atoms with Crippen LogP contribution in [0.1, 0.15) is 44.1 Å². The van der Waals surface area contributed by atoms with Crippen LogP contribution in [-0.4, -0.2) is 25.9 Å². The minimum Gasteiger partial charge on any atom is -0.489 e. The largest absolute Gasteiger partial charge is 0.489 e. The summed E-state index contributed by atoms with van der Waals surface area (Å²) < 4.78 is 8.57. The van der Waals surface area contributed by atoms with Crippen LogP contribution in [0.25, 0.3) is 5.82 Å². The molecule has 26 heavy (non-hydrogen) atoms. The monoisotopic (exact) mass is 414 g/mol. The van der Waals surface area contributed by atoms with E-state index in [0.29, 0.717) is 6.42 Å². The molecule has 6 heteroatoms. The van der Waals surface area contributed by atoms with Crippen LogP contribution in [0.4, 0.5) is 0 Å². The summed E-state index contributed by atoms with van der Waals surface area (Å²) in [5.41, 5.74) is 3.32. The number of aromatic nitrogens is 4. The predicted octanol–water partition coefficient (Wildman–Crippen LogP) is 4.76. The molecule has 3 aromatic rings. The van der Waals surface area contributed by atoms with Crippen LogP contribution in [0, 0.1) is 0 Å². The topological polar surface area (TPSA) is 52.8 Å². The van der Waals surface area contributed by atoms with Crippen LogP contribution in [0.2, 0.25) is 0 Å². The molecular formula is C20H23BrN4O. The first kappa shape index (κ1) is 18.6. The zero-order valence-electron chi connectivity index (χ0n) is 15.3. The van der Waals surface area contributed by atoms with Crippen molar-refractivity contribution < 1.29 is 4.74 Å². The first-order valence-corrected chi connectivity index (χ1v) is 9.66. The standard InChI is InChI=1S/C20H23BrN4O/c1-4-6-15-11-17(26-14(2)3)13-23-19(15)12-16-8-10-24-25(16)20-18(21)7-5-9-22-20/h5,7-11,13-14H,4,6,12H2,1-3H3. The van der Waals surface area contributed by atoms with Gasteiger partial charge in [-0.2, -0.15) is 5.10 Å². The Hall–Kier alpha value is -2.21. The predicted molar refractivity (Wildman–Crippen MR) is 106 cm³/mol. The van der Waals surface area contributed by atoms with E-state index in [1.807, 2.05) is 42.9 Å². The summed E-state index contributed by atoms with van der Waals surface area (Å²) >= 11 is 3.55. The maximum absolute atomic E-state index is 5.80. The third kappa shape index (κ3) is 4.30. The van der Waals surface area contributed by atoms with Crippen molar-refractivity contribution in [3.63, 3.8) is 0 Å². The van der Waals surface area contributed by atoms with E-state index in [0.717, 1.165) is 40.3 Å². The number of halogens is 1. The maximum atomic E-state index is 5.80. The fourth-order valence-corrected chi connectivity index (χ4v) is 3.28. The third-order valence-corrected chi connectivity index (χ3v) is 4.55. The molecule has 5 nitrogen and oxygen atoms in total. The van der Waals surface area contributed by atoms with Crippen molar-refractivity contribution in [3.8, 4) is 11.6 Å². The molecule has 3 heterocycles. The first-order valence-electron chi connectivity index (χ1n) is 8.86. The number of aryl methyl sites for hydroxylation is 1. The van der Waals surface area contributed by atoms with E-state index in [4.69, 9.17) is 4.74 Å². The van der Waals surface area contributed by atoms with Gasteiger partial charge in [0.1, 0.15) is 5.75 Å². The molecule has 0 amide bonds. The lowest BCUT2D eigenvalue weighted by Crippen LogP contribution is -2.10. The lowest BCUT2D eigenvalue weighted by molar-refractivity contribution is 0.241. The van der Waals surface area contributed by atoms with E-state index < -0.39 is 0 Å². The van der Waals surface area contributed by atoms with Gasteiger partial charge in [0, 0.05) is 24.5 Å². The van der Waals surface area contributed by atoms with Gasteiger partial charge in [-0.1, -0.05) is 13.3 Å². The van der Waals surface area contributed by atoms with E-state index >= 15 is 0 Å². The van der Waals surface area contributed by atoms with Crippen LogP contribution in [0.3, 0.4) is 0 Å². The molecule has 0 unspecified atom stereocenters. The molecule has 0 aromatic carbocycles. The Bertz CT molecular complexity index is 876. The highest BCUT2D eigenvalue weighted by atomic mass is 79.9. The number of hydrogen-bond acceptors (Lipinski definition) is 4. The Morgan fingerprint density at radius 1 is 1.19 bits per heavy atom. The van der Waals surface area contributed by atoms with Gasteiger partial charge in [-0.3, -0.25) is 4.98 Å². The van der Waals surface area contributed by atoms with Gasteiger partial charge in [-0.05, 0) is 66.0 Å². The van der Waals surface area contributed by atoms with Crippen molar-refractivity contribution >= 4 is 15.9 Å². The van der Waals surface area contributed by atoms with E-state index in [2.05, 4.69) is 44.0 Å². The Labute approximate surface area is 162 Å². The van der Waals surface area contributed by atoms with E-state index in [1.54, 1.807) is 12.4 Å². The van der Waals surface area contributed by atoms with Crippen molar-refractivity contribution in [1.82, 2.24) is 19.7 Å². The highest BCUT2D eigenvalue weighted by Crippen LogP contribution is 2.23. The van der Waals surface area contributed by atoms with Crippen molar-refractivity contribution in [2.75, 3.05) is 0 Å². The summed E-state index contributed by atoms with van der Waals surface area (Å²) in [7, 11) is 0. The van der Waals surface area contributed by atoms with Gasteiger partial charge >= 0.3 is 0 Å². The van der Waals surface area contributed by atoms with Crippen LogP contribution in [0.15, 0.2) is 47.3 Å². The van der Waals surface area contributed by atoms with Crippen LogP contribution >= 0.6 is 15.9 Å². The molecule has 0 saturated carbocycles. The van der Waals surface area contributed by atoms with E-state index in [1.165, 1.54) is 5.56 Å². The second-order valence-corrected chi connectivity index (χ2v) is 7.27. The quantitative estimate of drug-likeness (QED) is 0.559. The van der Waals surface area contributed by atoms with Crippen molar-refractivity contribution in [2.45, 2.75) is 46.1 Å². The highest BCUT2D eigenvalue weighted by molar-refractivity contribution is 9.10. The summed E-state index contributed by atoms with van der Waals surface area (Å²) in [4.78, 5) is 9.13. The molecule has 0 saturated heterocycles. The number of pyridine rings is 2. The van der Waals surface area contributed by atoms with Gasteiger partial charge in [0.15, 0.2) is 5.82 Å². The van der Waals surface area contributed by atoms with Gasteiger partial charge in [-0.15, -0.1) is 0 Å². The fraction of sp³-hybridized carbons (Fsp3) is 0.350. The molecule has 3 aromatic heterocycles. The van der Waals surface area contributed by atoms with E-state index in [9.17, 15) is 0 Å². The summed E-state index contributed by atoms with van der Waals surface area (Å²) in [5.74, 6) is 1.61. The van der Waals surface area contributed by atoms with Crippen LogP contribution < -0.4 is 4.74 Å². The fourth-order valence-electron chi connectivity index (χ4n) is 2.86. The van der Waals surface area contributed by atoms with Gasteiger partial charge < -0.3 is 4.74 Å². The Kier molecular flexibility index (Phi) is 6.04. The zero-order valence-corrected chi connectivity index (χ0v) is 16.9. The van der Waals surface area contributed by atoms with Gasteiger partial charge in [0.25, 0.3) is 0 Å². The average Bonchev–Trinajstić information content (AvgIpc) is 3.05. The van der Waals surface area contributed by atoms with Crippen LogP contribution in [-0.2, 0) is 12.8 Å². The molecule has 136 valence electrons. The molecule has 0 spiro atoms. The van der Waals surface area contributed by atoms with Gasteiger partial charge in [0.2, 0.25) is 0 Å². The van der Waals surface area contributed by atoms with Crippen molar-refractivity contribution in [3.05, 3.63) is 64.3 Å². The number of hydrogen-bond donors (Lipinski definition) is 0. The van der Waals surface area contributed by atoms with Crippen LogP contribution in [0.5, 0.6) is 5.75 Å². The van der Waals surface area contributed by atoms with Crippen molar-refractivity contribution in [2.24, 2.45) is 0 Å². The zero-order chi connectivity index (χ0) is 18.5. The van der Waals surface area contributed by atoms with Gasteiger partial charge in [0.05, 0.1) is 22.5 Å². The number of ether oxygens (including phenoxy) is 1. The minimum absolute atomic E-state index is 0.139. The molecule has 0 atom stereocenters. The first-order chi connectivity index (χ1) is 12.6. The molecular weight excluding hydrogens is 392 g/mol. The molecule has 0 aliphatic heterocycles. The molecule has 3 rings (SSSR count). The van der Waals surface area contributed by atoms with Gasteiger partial charge in [-0.25, -0.2) is 9.67 Å². The summed E-state index contributed by atoms with van der Waals surface area (Å²) in [6.07, 6.45) is 8.24. The normalized spacial score (nSPS) is 11.1. The minimum atomic E-state index is 0.139.